The SMILES string of the molecule is CC(C)(C)Sc1cccc(Cl)c1CO. The second-order valence-electron chi connectivity index (χ2n) is 4.09. The Hall–Kier alpha value is -0.180. The molecular weight excluding hydrogens is 216 g/mol. The van der Waals surface area contributed by atoms with Gasteiger partial charge in [0.05, 0.1) is 6.61 Å². The first kappa shape index (κ1) is 11.9. The van der Waals surface area contributed by atoms with E-state index in [2.05, 4.69) is 20.8 Å². The van der Waals surface area contributed by atoms with Crippen molar-refractivity contribution in [3.63, 3.8) is 0 Å². The van der Waals surface area contributed by atoms with Gasteiger partial charge in [-0.25, -0.2) is 0 Å². The molecule has 0 atom stereocenters. The topological polar surface area (TPSA) is 20.2 Å². The molecule has 0 saturated carbocycles. The summed E-state index contributed by atoms with van der Waals surface area (Å²) in [6.07, 6.45) is 0. The summed E-state index contributed by atoms with van der Waals surface area (Å²) in [6.45, 7) is 6.41. The van der Waals surface area contributed by atoms with E-state index in [1.54, 1.807) is 17.8 Å². The highest BCUT2D eigenvalue weighted by molar-refractivity contribution is 8.00. The molecule has 0 bridgehead atoms. The van der Waals surface area contributed by atoms with Gasteiger partial charge in [-0.3, -0.25) is 0 Å². The molecule has 1 N–H and O–H groups in total. The minimum Gasteiger partial charge on any atom is -0.392 e. The number of thioether (sulfide) groups is 1. The quantitative estimate of drug-likeness (QED) is 0.782. The Morgan fingerprint density at radius 1 is 1.36 bits per heavy atom. The van der Waals surface area contributed by atoms with Gasteiger partial charge in [-0.2, -0.15) is 0 Å². The molecule has 3 heteroatoms. The Kier molecular flexibility index (Phi) is 3.87. The van der Waals surface area contributed by atoms with Crippen molar-refractivity contribution in [2.75, 3.05) is 0 Å². The lowest BCUT2D eigenvalue weighted by atomic mass is 10.2. The van der Waals surface area contributed by atoms with Gasteiger partial charge < -0.3 is 5.11 Å². The Morgan fingerprint density at radius 3 is 2.50 bits per heavy atom. The first-order valence-corrected chi connectivity index (χ1v) is 5.71. The molecule has 14 heavy (non-hydrogen) atoms. The van der Waals surface area contributed by atoms with Crippen molar-refractivity contribution in [3.05, 3.63) is 28.8 Å². The van der Waals surface area contributed by atoms with Crippen LogP contribution in [0.4, 0.5) is 0 Å². The van der Waals surface area contributed by atoms with Gasteiger partial charge in [-0.15, -0.1) is 11.8 Å². The van der Waals surface area contributed by atoms with Crippen LogP contribution in [0.15, 0.2) is 23.1 Å². The van der Waals surface area contributed by atoms with Crippen LogP contribution in [0.1, 0.15) is 26.3 Å². The van der Waals surface area contributed by atoms with E-state index >= 15 is 0 Å². The van der Waals surface area contributed by atoms with Gasteiger partial charge in [0, 0.05) is 20.2 Å². The van der Waals surface area contributed by atoms with Crippen molar-refractivity contribution >= 4 is 23.4 Å². The number of aliphatic hydroxyl groups is 1. The highest BCUT2D eigenvalue weighted by Gasteiger charge is 2.15. The van der Waals surface area contributed by atoms with E-state index in [9.17, 15) is 5.11 Å². The van der Waals surface area contributed by atoms with E-state index in [1.165, 1.54) is 0 Å². The van der Waals surface area contributed by atoms with Crippen molar-refractivity contribution in [2.24, 2.45) is 0 Å². The Balaban J connectivity index is 3.02. The van der Waals surface area contributed by atoms with Crippen LogP contribution in [-0.4, -0.2) is 9.85 Å². The number of rotatable bonds is 2. The summed E-state index contributed by atoms with van der Waals surface area (Å²) in [5.74, 6) is 0. The fourth-order valence-electron chi connectivity index (χ4n) is 1.12. The summed E-state index contributed by atoms with van der Waals surface area (Å²) in [4.78, 5) is 1.06. The predicted molar refractivity (Wildman–Crippen MR) is 63.0 cm³/mol. The average Bonchev–Trinajstić information content (AvgIpc) is 2.01. The van der Waals surface area contributed by atoms with Crippen LogP contribution in [0.3, 0.4) is 0 Å². The van der Waals surface area contributed by atoms with E-state index in [0.717, 1.165) is 10.5 Å². The van der Waals surface area contributed by atoms with Crippen LogP contribution in [0.5, 0.6) is 0 Å². The summed E-state index contributed by atoms with van der Waals surface area (Å²) in [7, 11) is 0. The molecule has 0 amide bonds. The minimum atomic E-state index is -0.00190. The largest absolute Gasteiger partial charge is 0.392 e. The highest BCUT2D eigenvalue weighted by atomic mass is 35.5. The molecule has 0 spiro atoms. The number of halogens is 1. The molecule has 0 radical (unpaired) electrons. The number of hydrogen-bond donors (Lipinski definition) is 1. The summed E-state index contributed by atoms with van der Waals surface area (Å²) < 4.78 is 0.134. The standard InChI is InChI=1S/C11H15ClOS/c1-11(2,3)14-10-6-4-5-9(12)8(10)7-13/h4-6,13H,7H2,1-3H3. The third-order valence-corrected chi connectivity index (χ3v) is 3.22. The molecule has 0 aliphatic carbocycles. The second kappa shape index (κ2) is 4.56. The molecule has 1 aromatic rings. The van der Waals surface area contributed by atoms with Gasteiger partial charge in [0.25, 0.3) is 0 Å². The van der Waals surface area contributed by atoms with Crippen LogP contribution < -0.4 is 0 Å². The highest BCUT2D eigenvalue weighted by Crippen LogP contribution is 2.36. The van der Waals surface area contributed by atoms with Crippen LogP contribution in [0.25, 0.3) is 0 Å². The Bertz CT molecular complexity index is 318. The maximum atomic E-state index is 9.20. The van der Waals surface area contributed by atoms with Gasteiger partial charge in [0.15, 0.2) is 0 Å². The van der Waals surface area contributed by atoms with Crippen molar-refractivity contribution in [3.8, 4) is 0 Å². The molecule has 0 fully saturated rings. The molecule has 1 aromatic carbocycles. The Morgan fingerprint density at radius 2 is 2.00 bits per heavy atom. The summed E-state index contributed by atoms with van der Waals surface area (Å²) >= 11 is 7.71. The van der Waals surface area contributed by atoms with Crippen LogP contribution >= 0.6 is 23.4 Å². The van der Waals surface area contributed by atoms with E-state index in [-0.39, 0.29) is 11.4 Å². The van der Waals surface area contributed by atoms with Crippen LogP contribution in [0, 0.1) is 0 Å². The van der Waals surface area contributed by atoms with E-state index in [4.69, 9.17) is 11.6 Å². The lowest BCUT2D eigenvalue weighted by Crippen LogP contribution is -2.07. The molecule has 0 aliphatic heterocycles. The van der Waals surface area contributed by atoms with E-state index < -0.39 is 0 Å². The zero-order chi connectivity index (χ0) is 10.8. The fourth-order valence-corrected chi connectivity index (χ4v) is 2.51. The third kappa shape index (κ3) is 3.19. The molecule has 0 heterocycles. The Labute approximate surface area is 94.5 Å². The predicted octanol–water partition coefficient (Wildman–Crippen LogP) is 3.72. The summed E-state index contributed by atoms with van der Waals surface area (Å²) in [5.41, 5.74) is 0.828. The first-order chi connectivity index (χ1) is 6.44. The average molecular weight is 231 g/mol. The van der Waals surface area contributed by atoms with E-state index in [0.29, 0.717) is 5.02 Å². The van der Waals surface area contributed by atoms with Gasteiger partial charge in [0.1, 0.15) is 0 Å². The zero-order valence-corrected chi connectivity index (χ0v) is 10.2. The van der Waals surface area contributed by atoms with Crippen molar-refractivity contribution in [2.45, 2.75) is 37.0 Å². The number of hydrogen-bond acceptors (Lipinski definition) is 2. The van der Waals surface area contributed by atoms with Gasteiger partial charge in [0.2, 0.25) is 0 Å². The van der Waals surface area contributed by atoms with Gasteiger partial charge in [-0.1, -0.05) is 38.4 Å². The maximum Gasteiger partial charge on any atom is 0.0707 e. The number of aliphatic hydroxyl groups excluding tert-OH is 1. The van der Waals surface area contributed by atoms with E-state index in [1.807, 2.05) is 12.1 Å². The van der Waals surface area contributed by atoms with Gasteiger partial charge in [-0.05, 0) is 12.1 Å². The molecule has 78 valence electrons. The normalized spacial score (nSPS) is 11.8. The molecule has 0 saturated heterocycles. The zero-order valence-electron chi connectivity index (χ0n) is 8.67. The number of benzene rings is 1. The van der Waals surface area contributed by atoms with Crippen LogP contribution in [0.2, 0.25) is 5.02 Å². The molecule has 0 unspecified atom stereocenters. The lowest BCUT2D eigenvalue weighted by Gasteiger charge is -2.19. The fraction of sp³-hybridized carbons (Fsp3) is 0.455. The smallest absolute Gasteiger partial charge is 0.0707 e. The van der Waals surface area contributed by atoms with Gasteiger partial charge >= 0.3 is 0 Å². The maximum absolute atomic E-state index is 9.20. The molecule has 0 aromatic heterocycles. The molecule has 1 nitrogen and oxygen atoms in total. The molecule has 0 aliphatic rings. The second-order valence-corrected chi connectivity index (χ2v) is 6.36. The summed E-state index contributed by atoms with van der Waals surface area (Å²) in [6, 6.07) is 5.71. The van der Waals surface area contributed by atoms with Crippen LogP contribution in [-0.2, 0) is 6.61 Å². The monoisotopic (exact) mass is 230 g/mol. The van der Waals surface area contributed by atoms with Crippen molar-refractivity contribution in [1.29, 1.82) is 0 Å². The lowest BCUT2D eigenvalue weighted by molar-refractivity contribution is 0.279. The molecular formula is C11H15ClOS. The summed E-state index contributed by atoms with van der Waals surface area (Å²) in [5, 5.41) is 9.84. The molecule has 1 rings (SSSR count). The minimum absolute atomic E-state index is 0.00190. The first-order valence-electron chi connectivity index (χ1n) is 4.51. The van der Waals surface area contributed by atoms with Crippen molar-refractivity contribution in [1.82, 2.24) is 0 Å². The van der Waals surface area contributed by atoms with Crippen molar-refractivity contribution < 1.29 is 5.11 Å². The third-order valence-electron chi connectivity index (χ3n) is 1.65.